The number of rotatable bonds is 7. The maximum atomic E-state index is 11.0. The van der Waals surface area contributed by atoms with Crippen molar-refractivity contribution in [2.45, 2.75) is 19.3 Å². The van der Waals surface area contributed by atoms with Gasteiger partial charge < -0.3 is 10.0 Å². The van der Waals surface area contributed by atoms with Crippen molar-refractivity contribution >= 4 is 15.8 Å². The fourth-order valence-corrected chi connectivity index (χ4v) is 2.50. The van der Waals surface area contributed by atoms with E-state index in [9.17, 15) is 13.2 Å². The zero-order chi connectivity index (χ0) is 12.4. The molecule has 0 amide bonds. The van der Waals surface area contributed by atoms with Crippen LogP contribution in [0.4, 0.5) is 0 Å². The summed E-state index contributed by atoms with van der Waals surface area (Å²) in [6.07, 6.45) is 3.27. The van der Waals surface area contributed by atoms with E-state index in [2.05, 4.69) is 0 Å². The third-order valence-electron chi connectivity index (χ3n) is 2.93. The molecule has 0 bridgehead atoms. The molecule has 1 aliphatic carbocycles. The lowest BCUT2D eigenvalue weighted by molar-refractivity contribution is -0.138. The van der Waals surface area contributed by atoms with Crippen molar-refractivity contribution in [3.8, 4) is 0 Å². The van der Waals surface area contributed by atoms with E-state index in [1.807, 2.05) is 11.9 Å². The molecule has 0 atom stereocenters. The summed E-state index contributed by atoms with van der Waals surface area (Å²) in [5.74, 6) is -0.638. The first-order valence-electron chi connectivity index (χ1n) is 5.31. The Morgan fingerprint density at radius 1 is 1.44 bits per heavy atom. The van der Waals surface area contributed by atoms with Crippen molar-refractivity contribution in [3.63, 3.8) is 0 Å². The van der Waals surface area contributed by atoms with Crippen LogP contribution in [-0.4, -0.2) is 56.5 Å². The number of carboxylic acid groups (broad SMARTS) is 1. The van der Waals surface area contributed by atoms with Crippen LogP contribution in [0.3, 0.4) is 0 Å². The van der Waals surface area contributed by atoms with Crippen molar-refractivity contribution < 1.29 is 18.3 Å². The van der Waals surface area contributed by atoms with Crippen LogP contribution in [0.15, 0.2) is 0 Å². The second-order valence-corrected chi connectivity index (χ2v) is 7.20. The highest BCUT2D eigenvalue weighted by molar-refractivity contribution is 7.90. The topological polar surface area (TPSA) is 74.7 Å². The Labute approximate surface area is 96.4 Å². The normalized spacial score (nSPS) is 18.7. The van der Waals surface area contributed by atoms with E-state index in [1.54, 1.807) is 0 Å². The maximum absolute atomic E-state index is 11.0. The van der Waals surface area contributed by atoms with Crippen LogP contribution < -0.4 is 0 Å². The minimum absolute atomic E-state index is 0.0991. The van der Waals surface area contributed by atoms with Crippen molar-refractivity contribution in [1.29, 1.82) is 0 Å². The Kier molecular flexibility index (Phi) is 3.96. The fourth-order valence-electron chi connectivity index (χ4n) is 1.86. The molecular formula is C10H19NO4S. The van der Waals surface area contributed by atoms with E-state index < -0.39 is 15.8 Å². The molecule has 1 saturated carbocycles. The minimum atomic E-state index is -2.94. The lowest BCUT2D eigenvalue weighted by atomic mass is 10.0. The fraction of sp³-hybridized carbons (Fsp3) is 0.900. The van der Waals surface area contributed by atoms with Crippen molar-refractivity contribution in [3.05, 3.63) is 0 Å². The standard InChI is InChI=1S/C10H19NO4S/c1-11(5-6-16(2,14)15)8-10(3-4-10)7-9(12)13/h3-8H2,1-2H3,(H,12,13). The van der Waals surface area contributed by atoms with Crippen LogP contribution in [0.1, 0.15) is 19.3 Å². The monoisotopic (exact) mass is 249 g/mol. The first-order valence-corrected chi connectivity index (χ1v) is 7.37. The van der Waals surface area contributed by atoms with E-state index in [4.69, 9.17) is 5.11 Å². The molecule has 1 aliphatic rings. The van der Waals surface area contributed by atoms with Gasteiger partial charge in [-0.05, 0) is 25.3 Å². The Bertz CT molecular complexity index is 359. The van der Waals surface area contributed by atoms with E-state index in [0.29, 0.717) is 13.1 Å². The second kappa shape index (κ2) is 4.71. The number of hydrogen-bond acceptors (Lipinski definition) is 4. The molecule has 0 saturated heterocycles. The first-order chi connectivity index (χ1) is 7.22. The maximum Gasteiger partial charge on any atom is 0.303 e. The summed E-state index contributed by atoms with van der Waals surface area (Å²) >= 11 is 0. The zero-order valence-corrected chi connectivity index (χ0v) is 10.6. The Morgan fingerprint density at radius 3 is 2.38 bits per heavy atom. The molecule has 0 aromatic rings. The summed E-state index contributed by atoms with van der Waals surface area (Å²) in [6, 6.07) is 0. The zero-order valence-electron chi connectivity index (χ0n) is 9.77. The number of carbonyl (C=O) groups is 1. The van der Waals surface area contributed by atoms with Crippen LogP contribution >= 0.6 is 0 Å². The van der Waals surface area contributed by atoms with E-state index >= 15 is 0 Å². The van der Waals surface area contributed by atoms with Crippen molar-refractivity contribution in [1.82, 2.24) is 4.90 Å². The Hall–Kier alpha value is -0.620. The predicted octanol–water partition coefficient (Wildman–Crippen LogP) is 0.218. The molecule has 16 heavy (non-hydrogen) atoms. The number of nitrogens with zero attached hydrogens (tertiary/aromatic N) is 1. The van der Waals surface area contributed by atoms with Gasteiger partial charge >= 0.3 is 5.97 Å². The minimum Gasteiger partial charge on any atom is -0.481 e. The van der Waals surface area contributed by atoms with E-state index in [-0.39, 0.29) is 17.6 Å². The first kappa shape index (κ1) is 13.4. The highest BCUT2D eigenvalue weighted by atomic mass is 32.2. The van der Waals surface area contributed by atoms with Gasteiger partial charge in [-0.1, -0.05) is 0 Å². The van der Waals surface area contributed by atoms with Gasteiger partial charge in [-0.25, -0.2) is 8.42 Å². The van der Waals surface area contributed by atoms with Crippen LogP contribution in [0.2, 0.25) is 0 Å². The van der Waals surface area contributed by atoms with Gasteiger partial charge in [0.1, 0.15) is 9.84 Å². The molecule has 0 radical (unpaired) electrons. The SMILES string of the molecule is CN(CCS(C)(=O)=O)CC1(CC(=O)O)CC1. The molecule has 0 aromatic heterocycles. The Balaban J connectivity index is 2.34. The molecule has 1 rings (SSSR count). The molecule has 1 N–H and O–H groups in total. The quantitative estimate of drug-likeness (QED) is 0.698. The van der Waals surface area contributed by atoms with Gasteiger partial charge in [-0.2, -0.15) is 0 Å². The second-order valence-electron chi connectivity index (χ2n) is 4.94. The number of carboxylic acids is 1. The van der Waals surface area contributed by atoms with Crippen molar-refractivity contribution in [2.24, 2.45) is 5.41 Å². The molecule has 94 valence electrons. The smallest absolute Gasteiger partial charge is 0.303 e. The van der Waals surface area contributed by atoms with Gasteiger partial charge in [0, 0.05) is 19.3 Å². The molecular weight excluding hydrogens is 230 g/mol. The molecule has 0 aromatic carbocycles. The molecule has 0 unspecified atom stereocenters. The summed E-state index contributed by atoms with van der Waals surface area (Å²) < 4.78 is 21.9. The molecule has 0 aliphatic heterocycles. The van der Waals surface area contributed by atoms with Gasteiger partial charge in [0.2, 0.25) is 0 Å². The number of hydrogen-bond donors (Lipinski definition) is 1. The Morgan fingerprint density at radius 2 is 2.00 bits per heavy atom. The highest BCUT2D eigenvalue weighted by Crippen LogP contribution is 2.49. The molecule has 5 nitrogen and oxygen atoms in total. The number of aliphatic carboxylic acids is 1. The lowest BCUT2D eigenvalue weighted by Crippen LogP contribution is -2.32. The van der Waals surface area contributed by atoms with Gasteiger partial charge in [-0.3, -0.25) is 4.79 Å². The van der Waals surface area contributed by atoms with Crippen LogP contribution in [-0.2, 0) is 14.6 Å². The summed E-state index contributed by atoms with van der Waals surface area (Å²) in [6.45, 7) is 1.15. The molecule has 6 heteroatoms. The van der Waals surface area contributed by atoms with Crippen LogP contribution in [0.5, 0.6) is 0 Å². The molecule has 0 spiro atoms. The summed E-state index contributed by atoms with van der Waals surface area (Å²) in [5, 5.41) is 8.75. The highest BCUT2D eigenvalue weighted by Gasteiger charge is 2.44. The molecule has 1 fully saturated rings. The van der Waals surface area contributed by atoms with E-state index in [1.165, 1.54) is 6.26 Å². The lowest BCUT2D eigenvalue weighted by Gasteiger charge is -2.22. The predicted molar refractivity (Wildman–Crippen MR) is 61.1 cm³/mol. The summed E-state index contributed by atoms with van der Waals surface area (Å²) in [4.78, 5) is 12.6. The van der Waals surface area contributed by atoms with Gasteiger partial charge in [0.05, 0.1) is 12.2 Å². The van der Waals surface area contributed by atoms with Crippen LogP contribution in [0, 0.1) is 5.41 Å². The van der Waals surface area contributed by atoms with E-state index in [0.717, 1.165) is 12.8 Å². The average molecular weight is 249 g/mol. The average Bonchev–Trinajstić information content (AvgIpc) is 2.79. The number of sulfone groups is 1. The summed E-state index contributed by atoms with van der Waals surface area (Å²) in [5.41, 5.74) is -0.0991. The third-order valence-corrected chi connectivity index (χ3v) is 3.86. The van der Waals surface area contributed by atoms with Crippen molar-refractivity contribution in [2.75, 3.05) is 32.1 Å². The van der Waals surface area contributed by atoms with Gasteiger partial charge in [0.15, 0.2) is 0 Å². The van der Waals surface area contributed by atoms with Gasteiger partial charge in [0.25, 0.3) is 0 Å². The molecule has 0 heterocycles. The van der Waals surface area contributed by atoms with Gasteiger partial charge in [-0.15, -0.1) is 0 Å². The summed E-state index contributed by atoms with van der Waals surface area (Å²) in [7, 11) is -1.10. The third kappa shape index (κ3) is 4.94. The van der Waals surface area contributed by atoms with Crippen LogP contribution in [0.25, 0.3) is 0 Å². The largest absolute Gasteiger partial charge is 0.481 e.